The van der Waals surface area contributed by atoms with Gasteiger partial charge in [0.2, 0.25) is 0 Å². The van der Waals surface area contributed by atoms with Gasteiger partial charge in [0.15, 0.2) is 5.75 Å². The number of aliphatic hydroxyl groups excluding tert-OH is 1. The Bertz CT molecular complexity index is 375. The lowest BCUT2D eigenvalue weighted by atomic mass is 10.3. The van der Waals surface area contributed by atoms with Gasteiger partial charge in [0.25, 0.3) is 0 Å². The summed E-state index contributed by atoms with van der Waals surface area (Å²) in [5.74, 6) is 0.437. The normalized spacial score (nSPS) is 12.7. The minimum Gasteiger partial charge on any atom is -0.488 e. The Kier molecular flexibility index (Phi) is 8.31. The predicted octanol–water partition coefficient (Wildman–Crippen LogP) is 3.86. The van der Waals surface area contributed by atoms with Crippen molar-refractivity contribution >= 4 is 23.2 Å². The standard InChI is InChI=1S/C15H23Cl2NO2/c1-3-8-18(9-4-2)10-12(19)11-20-15-13(16)6-5-7-14(15)17/h5-7,12,19H,3-4,8-11H2,1-2H3. The van der Waals surface area contributed by atoms with Crippen molar-refractivity contribution in [3.63, 3.8) is 0 Å². The number of para-hydroxylation sites is 1. The van der Waals surface area contributed by atoms with E-state index >= 15 is 0 Å². The molecule has 0 aliphatic rings. The van der Waals surface area contributed by atoms with Crippen LogP contribution in [0.3, 0.4) is 0 Å². The SMILES string of the molecule is CCCN(CCC)CC(O)COc1c(Cl)cccc1Cl. The number of rotatable bonds is 9. The van der Waals surface area contributed by atoms with E-state index in [1.807, 2.05) is 0 Å². The van der Waals surface area contributed by atoms with Gasteiger partial charge >= 0.3 is 0 Å². The molecule has 0 amide bonds. The first-order valence-corrected chi connectivity index (χ1v) is 7.81. The highest BCUT2D eigenvalue weighted by Gasteiger charge is 2.13. The number of hydrogen-bond donors (Lipinski definition) is 1. The molecule has 1 atom stereocenters. The molecule has 1 N–H and O–H groups in total. The Balaban J connectivity index is 2.48. The zero-order valence-electron chi connectivity index (χ0n) is 12.1. The average molecular weight is 320 g/mol. The van der Waals surface area contributed by atoms with E-state index in [0.29, 0.717) is 22.3 Å². The van der Waals surface area contributed by atoms with Crippen molar-refractivity contribution in [1.29, 1.82) is 0 Å². The fraction of sp³-hybridized carbons (Fsp3) is 0.600. The van der Waals surface area contributed by atoms with E-state index in [4.69, 9.17) is 27.9 Å². The summed E-state index contributed by atoms with van der Waals surface area (Å²) in [6, 6.07) is 5.20. The Labute approximate surface area is 131 Å². The van der Waals surface area contributed by atoms with E-state index in [1.165, 1.54) is 0 Å². The molecule has 0 saturated heterocycles. The molecule has 0 heterocycles. The average Bonchev–Trinajstić information content (AvgIpc) is 2.38. The number of benzene rings is 1. The first-order chi connectivity index (χ1) is 9.58. The summed E-state index contributed by atoms with van der Waals surface area (Å²) in [4.78, 5) is 2.24. The summed E-state index contributed by atoms with van der Waals surface area (Å²) in [6.45, 7) is 7.02. The number of aliphatic hydroxyl groups is 1. The van der Waals surface area contributed by atoms with E-state index in [0.717, 1.165) is 25.9 Å². The van der Waals surface area contributed by atoms with Gasteiger partial charge in [0.1, 0.15) is 12.7 Å². The maximum atomic E-state index is 10.1. The van der Waals surface area contributed by atoms with Gasteiger partial charge < -0.3 is 14.7 Å². The molecule has 20 heavy (non-hydrogen) atoms. The molecule has 114 valence electrons. The van der Waals surface area contributed by atoms with Gasteiger partial charge in [-0.2, -0.15) is 0 Å². The second-order valence-electron chi connectivity index (χ2n) is 4.82. The van der Waals surface area contributed by atoms with Crippen molar-refractivity contribution in [3.8, 4) is 5.75 Å². The van der Waals surface area contributed by atoms with Gasteiger partial charge in [-0.15, -0.1) is 0 Å². The van der Waals surface area contributed by atoms with Crippen LogP contribution in [0.1, 0.15) is 26.7 Å². The first kappa shape index (κ1) is 17.6. The van der Waals surface area contributed by atoms with Crippen LogP contribution in [0.25, 0.3) is 0 Å². The largest absolute Gasteiger partial charge is 0.488 e. The van der Waals surface area contributed by atoms with Crippen molar-refractivity contribution in [2.75, 3.05) is 26.2 Å². The number of ether oxygens (including phenoxy) is 1. The van der Waals surface area contributed by atoms with Crippen LogP contribution in [-0.2, 0) is 0 Å². The Morgan fingerprint density at radius 2 is 1.70 bits per heavy atom. The zero-order valence-corrected chi connectivity index (χ0v) is 13.6. The van der Waals surface area contributed by atoms with E-state index in [2.05, 4.69) is 18.7 Å². The molecule has 0 aliphatic carbocycles. The molecule has 0 spiro atoms. The monoisotopic (exact) mass is 319 g/mol. The molecule has 0 radical (unpaired) electrons. The number of hydrogen-bond acceptors (Lipinski definition) is 3. The lowest BCUT2D eigenvalue weighted by Crippen LogP contribution is -2.36. The van der Waals surface area contributed by atoms with Gasteiger partial charge in [-0.25, -0.2) is 0 Å². The first-order valence-electron chi connectivity index (χ1n) is 7.05. The molecule has 0 aromatic heterocycles. The van der Waals surface area contributed by atoms with Gasteiger partial charge in [-0.05, 0) is 38.1 Å². The fourth-order valence-electron chi connectivity index (χ4n) is 2.08. The topological polar surface area (TPSA) is 32.7 Å². The maximum absolute atomic E-state index is 10.1. The molecule has 5 heteroatoms. The van der Waals surface area contributed by atoms with Gasteiger partial charge in [0.05, 0.1) is 10.0 Å². The summed E-state index contributed by atoms with van der Waals surface area (Å²) < 4.78 is 5.55. The van der Waals surface area contributed by atoms with Crippen LogP contribution in [0.4, 0.5) is 0 Å². The van der Waals surface area contributed by atoms with Crippen LogP contribution in [0.15, 0.2) is 18.2 Å². The van der Waals surface area contributed by atoms with E-state index in [1.54, 1.807) is 18.2 Å². The lowest BCUT2D eigenvalue weighted by molar-refractivity contribution is 0.0682. The smallest absolute Gasteiger partial charge is 0.156 e. The van der Waals surface area contributed by atoms with Gasteiger partial charge in [-0.1, -0.05) is 43.1 Å². The Morgan fingerprint density at radius 3 is 2.20 bits per heavy atom. The van der Waals surface area contributed by atoms with Gasteiger partial charge in [-0.3, -0.25) is 0 Å². The van der Waals surface area contributed by atoms with Crippen LogP contribution in [0.5, 0.6) is 5.75 Å². The maximum Gasteiger partial charge on any atom is 0.156 e. The third kappa shape index (κ3) is 5.88. The van der Waals surface area contributed by atoms with Crippen LogP contribution < -0.4 is 4.74 Å². The molecule has 0 saturated carbocycles. The Hall–Kier alpha value is -0.480. The highest BCUT2D eigenvalue weighted by molar-refractivity contribution is 6.37. The molecule has 3 nitrogen and oxygen atoms in total. The Morgan fingerprint density at radius 1 is 1.15 bits per heavy atom. The van der Waals surface area contributed by atoms with Crippen molar-refractivity contribution in [2.45, 2.75) is 32.8 Å². The second-order valence-corrected chi connectivity index (χ2v) is 5.63. The van der Waals surface area contributed by atoms with E-state index in [-0.39, 0.29) is 6.61 Å². The van der Waals surface area contributed by atoms with Crippen molar-refractivity contribution in [2.24, 2.45) is 0 Å². The van der Waals surface area contributed by atoms with Crippen LogP contribution in [0, 0.1) is 0 Å². The number of halogens is 2. The quantitative estimate of drug-likeness (QED) is 0.750. The fourth-order valence-corrected chi connectivity index (χ4v) is 2.58. The lowest BCUT2D eigenvalue weighted by Gasteiger charge is -2.24. The van der Waals surface area contributed by atoms with Crippen molar-refractivity contribution in [1.82, 2.24) is 4.90 Å². The third-order valence-corrected chi connectivity index (χ3v) is 3.48. The molecule has 1 rings (SSSR count). The van der Waals surface area contributed by atoms with Crippen molar-refractivity contribution < 1.29 is 9.84 Å². The van der Waals surface area contributed by atoms with Crippen LogP contribution >= 0.6 is 23.2 Å². The molecule has 0 bridgehead atoms. The van der Waals surface area contributed by atoms with Gasteiger partial charge in [0, 0.05) is 6.54 Å². The molecule has 1 aromatic carbocycles. The minimum absolute atomic E-state index is 0.188. The molecule has 0 fully saturated rings. The summed E-state index contributed by atoms with van der Waals surface area (Å²) in [7, 11) is 0. The van der Waals surface area contributed by atoms with E-state index < -0.39 is 6.10 Å². The van der Waals surface area contributed by atoms with Crippen LogP contribution in [0.2, 0.25) is 10.0 Å². The highest BCUT2D eigenvalue weighted by Crippen LogP contribution is 2.32. The molecule has 0 aliphatic heterocycles. The number of nitrogens with zero attached hydrogens (tertiary/aromatic N) is 1. The second kappa shape index (κ2) is 9.46. The molecular formula is C15H23Cl2NO2. The highest BCUT2D eigenvalue weighted by atomic mass is 35.5. The molecule has 1 aromatic rings. The molecule has 1 unspecified atom stereocenters. The van der Waals surface area contributed by atoms with Crippen molar-refractivity contribution in [3.05, 3.63) is 28.2 Å². The summed E-state index contributed by atoms with van der Waals surface area (Å²) in [5.41, 5.74) is 0. The summed E-state index contributed by atoms with van der Waals surface area (Å²) >= 11 is 12.0. The van der Waals surface area contributed by atoms with E-state index in [9.17, 15) is 5.11 Å². The third-order valence-electron chi connectivity index (χ3n) is 2.89. The summed E-state index contributed by atoms with van der Waals surface area (Å²) in [5, 5.41) is 11.0. The summed E-state index contributed by atoms with van der Waals surface area (Å²) in [6.07, 6.45) is 1.59. The predicted molar refractivity (Wildman–Crippen MR) is 85.0 cm³/mol. The zero-order chi connectivity index (χ0) is 15.0. The minimum atomic E-state index is -0.555. The van der Waals surface area contributed by atoms with Crippen LogP contribution in [-0.4, -0.2) is 42.4 Å². The molecular weight excluding hydrogens is 297 g/mol.